The highest BCUT2D eigenvalue weighted by Gasteiger charge is 2.16. The number of fused-ring (bicyclic) bond motifs is 1. The fraction of sp³-hybridized carbons (Fsp3) is 0.375. The van der Waals surface area contributed by atoms with Gasteiger partial charge in [0.05, 0.1) is 13.2 Å². The summed E-state index contributed by atoms with van der Waals surface area (Å²) < 4.78 is 5.47. The number of methoxy groups -OCH3 is 1. The van der Waals surface area contributed by atoms with Crippen molar-refractivity contribution in [1.29, 1.82) is 0 Å². The molecule has 0 saturated carbocycles. The summed E-state index contributed by atoms with van der Waals surface area (Å²) in [5.74, 6) is 1.17. The van der Waals surface area contributed by atoms with Crippen LogP contribution >= 0.6 is 0 Å². The Morgan fingerprint density at radius 1 is 1.11 bits per heavy atom. The summed E-state index contributed by atoms with van der Waals surface area (Å²) in [4.78, 5) is 0. The van der Waals surface area contributed by atoms with E-state index < -0.39 is 0 Å². The van der Waals surface area contributed by atoms with Gasteiger partial charge in [0, 0.05) is 5.56 Å². The van der Waals surface area contributed by atoms with Crippen LogP contribution in [0.1, 0.15) is 31.7 Å². The van der Waals surface area contributed by atoms with Crippen molar-refractivity contribution in [1.82, 2.24) is 0 Å². The van der Waals surface area contributed by atoms with E-state index in [2.05, 4.69) is 25.1 Å². The summed E-state index contributed by atoms with van der Waals surface area (Å²) in [6.45, 7) is 3.96. The minimum absolute atomic E-state index is 0.269. The van der Waals surface area contributed by atoms with Crippen molar-refractivity contribution in [2.45, 2.75) is 32.3 Å². The molecule has 0 fully saturated rings. The number of hydrogen-bond donors (Lipinski definition) is 1. The molecule has 0 aliphatic rings. The second-order valence-electron chi connectivity index (χ2n) is 4.89. The molecule has 2 heteroatoms. The Hall–Kier alpha value is -1.54. The average molecular weight is 244 g/mol. The van der Waals surface area contributed by atoms with Crippen molar-refractivity contribution in [3.8, 4) is 5.75 Å². The van der Waals surface area contributed by atoms with Crippen molar-refractivity contribution in [2.24, 2.45) is 0 Å². The van der Waals surface area contributed by atoms with Crippen LogP contribution in [0.4, 0.5) is 0 Å². The van der Waals surface area contributed by atoms with Crippen LogP contribution in [-0.4, -0.2) is 18.3 Å². The molecule has 0 bridgehead atoms. The molecular formula is C16H20O2. The third-order valence-electron chi connectivity index (χ3n) is 3.34. The SMILES string of the molecule is COc1ccc2ccccc2c1C(C)CC(C)O. The van der Waals surface area contributed by atoms with E-state index in [1.165, 1.54) is 16.3 Å². The summed E-state index contributed by atoms with van der Waals surface area (Å²) >= 11 is 0. The summed E-state index contributed by atoms with van der Waals surface area (Å²) in [6, 6.07) is 12.4. The number of ether oxygens (including phenoxy) is 1. The van der Waals surface area contributed by atoms with Gasteiger partial charge in [-0.15, -0.1) is 0 Å². The van der Waals surface area contributed by atoms with Crippen molar-refractivity contribution in [3.63, 3.8) is 0 Å². The molecule has 0 amide bonds. The fourth-order valence-corrected chi connectivity index (χ4v) is 2.59. The van der Waals surface area contributed by atoms with E-state index in [9.17, 15) is 5.11 Å². The molecule has 2 aromatic rings. The molecule has 0 radical (unpaired) electrons. The Bertz CT molecular complexity index is 532. The van der Waals surface area contributed by atoms with Gasteiger partial charge in [0.1, 0.15) is 5.75 Å². The highest BCUT2D eigenvalue weighted by molar-refractivity contribution is 5.88. The topological polar surface area (TPSA) is 29.5 Å². The Kier molecular flexibility index (Phi) is 3.87. The van der Waals surface area contributed by atoms with Gasteiger partial charge in [-0.1, -0.05) is 37.3 Å². The number of aliphatic hydroxyl groups excluding tert-OH is 1. The third-order valence-corrected chi connectivity index (χ3v) is 3.34. The van der Waals surface area contributed by atoms with Crippen LogP contribution in [0.5, 0.6) is 5.75 Å². The van der Waals surface area contributed by atoms with E-state index in [0.29, 0.717) is 0 Å². The maximum absolute atomic E-state index is 9.58. The van der Waals surface area contributed by atoms with Crippen LogP contribution < -0.4 is 4.74 Å². The molecule has 0 aliphatic heterocycles. The molecule has 18 heavy (non-hydrogen) atoms. The third kappa shape index (κ3) is 2.49. The first kappa shape index (κ1) is 12.9. The van der Waals surface area contributed by atoms with E-state index in [1.54, 1.807) is 7.11 Å². The summed E-state index contributed by atoms with van der Waals surface area (Å²) in [5, 5.41) is 12.0. The van der Waals surface area contributed by atoms with Crippen LogP contribution in [-0.2, 0) is 0 Å². The van der Waals surface area contributed by atoms with E-state index in [-0.39, 0.29) is 12.0 Å². The van der Waals surface area contributed by atoms with Gasteiger partial charge in [-0.05, 0) is 36.1 Å². The molecule has 2 aromatic carbocycles. The largest absolute Gasteiger partial charge is 0.496 e. The van der Waals surface area contributed by atoms with Gasteiger partial charge in [0.15, 0.2) is 0 Å². The highest BCUT2D eigenvalue weighted by atomic mass is 16.5. The van der Waals surface area contributed by atoms with Crippen LogP contribution in [0.2, 0.25) is 0 Å². The Morgan fingerprint density at radius 2 is 1.83 bits per heavy atom. The smallest absolute Gasteiger partial charge is 0.122 e. The number of hydrogen-bond acceptors (Lipinski definition) is 2. The molecule has 1 N–H and O–H groups in total. The van der Waals surface area contributed by atoms with Crippen molar-refractivity contribution in [2.75, 3.05) is 7.11 Å². The quantitative estimate of drug-likeness (QED) is 0.888. The maximum Gasteiger partial charge on any atom is 0.122 e. The molecule has 2 atom stereocenters. The lowest BCUT2D eigenvalue weighted by Crippen LogP contribution is -2.07. The molecule has 96 valence electrons. The zero-order valence-electron chi connectivity index (χ0n) is 11.2. The molecule has 0 spiro atoms. The monoisotopic (exact) mass is 244 g/mol. The second-order valence-corrected chi connectivity index (χ2v) is 4.89. The minimum Gasteiger partial charge on any atom is -0.496 e. The van der Waals surface area contributed by atoms with Crippen molar-refractivity contribution < 1.29 is 9.84 Å². The van der Waals surface area contributed by atoms with E-state index in [1.807, 2.05) is 25.1 Å². The van der Waals surface area contributed by atoms with Gasteiger partial charge in [0.2, 0.25) is 0 Å². The summed E-state index contributed by atoms with van der Waals surface area (Å²) in [6.07, 6.45) is 0.438. The Labute approximate surface area is 108 Å². The zero-order chi connectivity index (χ0) is 13.1. The number of benzene rings is 2. The van der Waals surface area contributed by atoms with E-state index in [0.717, 1.165) is 12.2 Å². The lowest BCUT2D eigenvalue weighted by molar-refractivity contribution is 0.176. The van der Waals surface area contributed by atoms with Gasteiger partial charge in [0.25, 0.3) is 0 Å². The predicted molar refractivity (Wildman–Crippen MR) is 75.2 cm³/mol. The second kappa shape index (κ2) is 5.40. The predicted octanol–water partition coefficient (Wildman–Crippen LogP) is 3.72. The first-order valence-electron chi connectivity index (χ1n) is 6.37. The Morgan fingerprint density at radius 3 is 2.50 bits per heavy atom. The lowest BCUT2D eigenvalue weighted by atomic mass is 9.90. The normalized spacial score (nSPS) is 14.4. The van der Waals surface area contributed by atoms with Crippen molar-refractivity contribution >= 4 is 10.8 Å². The van der Waals surface area contributed by atoms with Gasteiger partial charge >= 0.3 is 0 Å². The van der Waals surface area contributed by atoms with Crippen LogP contribution in [0.25, 0.3) is 10.8 Å². The van der Waals surface area contributed by atoms with E-state index >= 15 is 0 Å². The lowest BCUT2D eigenvalue weighted by Gasteiger charge is -2.19. The first-order chi connectivity index (χ1) is 8.63. The molecule has 0 heterocycles. The van der Waals surface area contributed by atoms with Gasteiger partial charge < -0.3 is 9.84 Å². The fourth-order valence-electron chi connectivity index (χ4n) is 2.59. The van der Waals surface area contributed by atoms with E-state index in [4.69, 9.17) is 4.74 Å². The Balaban J connectivity index is 2.57. The highest BCUT2D eigenvalue weighted by Crippen LogP contribution is 2.36. The van der Waals surface area contributed by atoms with Gasteiger partial charge in [-0.3, -0.25) is 0 Å². The molecule has 0 saturated heterocycles. The minimum atomic E-state index is -0.302. The zero-order valence-corrected chi connectivity index (χ0v) is 11.2. The first-order valence-corrected chi connectivity index (χ1v) is 6.37. The molecule has 0 aromatic heterocycles. The van der Waals surface area contributed by atoms with Crippen molar-refractivity contribution in [3.05, 3.63) is 42.0 Å². The van der Waals surface area contributed by atoms with Crippen LogP contribution in [0, 0.1) is 0 Å². The molecule has 0 aliphatic carbocycles. The maximum atomic E-state index is 9.58. The average Bonchev–Trinajstić information content (AvgIpc) is 2.36. The molecule has 2 unspecified atom stereocenters. The number of aliphatic hydroxyl groups is 1. The van der Waals surface area contributed by atoms with Crippen LogP contribution in [0.15, 0.2) is 36.4 Å². The molecule has 2 nitrogen and oxygen atoms in total. The molecule has 2 rings (SSSR count). The van der Waals surface area contributed by atoms with Gasteiger partial charge in [-0.2, -0.15) is 0 Å². The standard InChI is InChI=1S/C16H20O2/c1-11(10-12(2)17)16-14-7-5-4-6-13(14)8-9-15(16)18-3/h4-9,11-12,17H,10H2,1-3H3. The summed E-state index contributed by atoms with van der Waals surface area (Å²) in [5.41, 5.74) is 1.19. The molecular weight excluding hydrogens is 224 g/mol. The van der Waals surface area contributed by atoms with Gasteiger partial charge in [-0.25, -0.2) is 0 Å². The summed E-state index contributed by atoms with van der Waals surface area (Å²) in [7, 11) is 1.70. The number of rotatable bonds is 4. The van der Waals surface area contributed by atoms with Crippen LogP contribution in [0.3, 0.4) is 0 Å².